The number of amides is 1. The first-order valence-electron chi connectivity index (χ1n) is 9.60. The lowest BCUT2D eigenvalue weighted by Crippen LogP contribution is -2.33. The Hall–Kier alpha value is -3.12. The fraction of sp³-hybridized carbons (Fsp3) is 0.167. The van der Waals surface area contributed by atoms with E-state index in [2.05, 4.69) is 15.9 Å². The summed E-state index contributed by atoms with van der Waals surface area (Å²) in [5.41, 5.74) is 1.86. The summed E-state index contributed by atoms with van der Waals surface area (Å²) in [4.78, 5) is 27.7. The minimum atomic E-state index is -0.688. The Morgan fingerprint density at radius 2 is 1.77 bits per heavy atom. The van der Waals surface area contributed by atoms with E-state index < -0.39 is 23.5 Å². The summed E-state index contributed by atoms with van der Waals surface area (Å²) in [7, 11) is 0. The molecule has 152 valence electrons. The first-order chi connectivity index (χ1) is 14.5. The predicted molar refractivity (Wildman–Crippen MR) is 116 cm³/mol. The summed E-state index contributed by atoms with van der Waals surface area (Å²) in [5, 5.41) is 10.7. The highest BCUT2D eigenvalue weighted by atomic mass is 79.9. The lowest BCUT2D eigenvalue weighted by atomic mass is 9.95. The average Bonchev–Trinajstić information content (AvgIpc) is 3.29. The van der Waals surface area contributed by atoms with Crippen molar-refractivity contribution in [3.8, 4) is 0 Å². The van der Waals surface area contributed by atoms with Gasteiger partial charge in [-0.15, -0.1) is 0 Å². The highest BCUT2D eigenvalue weighted by Gasteiger charge is 2.44. The second-order valence-electron chi connectivity index (χ2n) is 7.19. The molecule has 0 radical (unpaired) electrons. The van der Waals surface area contributed by atoms with E-state index in [1.165, 1.54) is 0 Å². The van der Waals surface area contributed by atoms with Gasteiger partial charge in [0, 0.05) is 11.0 Å². The van der Waals surface area contributed by atoms with Crippen molar-refractivity contribution in [2.24, 2.45) is 0 Å². The average molecular weight is 466 g/mol. The second kappa shape index (κ2) is 8.32. The lowest BCUT2D eigenvalue weighted by molar-refractivity contribution is -0.129. The Kier molecular flexibility index (Phi) is 5.59. The molecule has 1 atom stereocenters. The number of halogens is 1. The number of carbonyl (C=O) groups is 2. The number of carbonyl (C=O) groups excluding carboxylic acids is 2. The topological polar surface area (TPSA) is 70.8 Å². The van der Waals surface area contributed by atoms with E-state index in [1.807, 2.05) is 54.6 Å². The zero-order valence-electron chi connectivity index (χ0n) is 16.3. The van der Waals surface area contributed by atoms with E-state index in [1.54, 1.807) is 24.0 Å². The maximum atomic E-state index is 13.2. The molecule has 0 saturated heterocycles. The maximum absolute atomic E-state index is 13.2. The summed E-state index contributed by atoms with van der Waals surface area (Å²) in [5.74, 6) is -0.859. The van der Waals surface area contributed by atoms with Gasteiger partial charge in [-0.25, -0.2) is 0 Å². The minimum Gasteiger partial charge on any atom is -0.503 e. The molecule has 0 saturated carbocycles. The van der Waals surface area contributed by atoms with Crippen LogP contribution in [0.3, 0.4) is 0 Å². The van der Waals surface area contributed by atoms with Gasteiger partial charge < -0.3 is 14.4 Å². The van der Waals surface area contributed by atoms with Gasteiger partial charge in [-0.05, 0) is 48.7 Å². The molecule has 1 aliphatic rings. The quantitative estimate of drug-likeness (QED) is 0.509. The molecule has 1 N–H and O–H groups in total. The van der Waals surface area contributed by atoms with Crippen molar-refractivity contribution in [2.75, 3.05) is 6.54 Å². The zero-order chi connectivity index (χ0) is 21.3. The van der Waals surface area contributed by atoms with E-state index >= 15 is 0 Å². The Morgan fingerprint density at radius 3 is 2.40 bits per heavy atom. The molecular formula is C24H20BrNO4. The molecule has 1 aliphatic heterocycles. The normalized spacial score (nSPS) is 16.4. The van der Waals surface area contributed by atoms with Crippen molar-refractivity contribution in [1.82, 2.24) is 4.90 Å². The Balaban J connectivity index is 1.72. The molecule has 1 unspecified atom stereocenters. The largest absolute Gasteiger partial charge is 0.503 e. The smallest absolute Gasteiger partial charge is 0.290 e. The van der Waals surface area contributed by atoms with Crippen molar-refractivity contribution in [3.05, 3.63) is 105 Å². The molecule has 0 bridgehead atoms. The molecular weight excluding hydrogens is 446 g/mol. The minimum absolute atomic E-state index is 0.0461. The molecule has 2 aromatic carbocycles. The van der Waals surface area contributed by atoms with Gasteiger partial charge in [0.15, 0.2) is 11.5 Å². The number of ketones is 1. The van der Waals surface area contributed by atoms with Gasteiger partial charge in [-0.2, -0.15) is 0 Å². The molecule has 4 rings (SSSR count). The van der Waals surface area contributed by atoms with Crippen LogP contribution in [0.1, 0.15) is 33.5 Å². The number of Topliss-reactive ketones (excluding diaryl/α,β-unsaturated/α-hetero) is 1. The first-order valence-corrected chi connectivity index (χ1v) is 10.4. The molecule has 0 aliphatic carbocycles. The number of aliphatic hydroxyl groups is 1. The molecule has 30 heavy (non-hydrogen) atoms. The van der Waals surface area contributed by atoms with Crippen molar-refractivity contribution >= 4 is 27.6 Å². The van der Waals surface area contributed by atoms with Crippen LogP contribution in [-0.4, -0.2) is 28.2 Å². The number of rotatable bonds is 6. The summed E-state index contributed by atoms with van der Waals surface area (Å²) < 4.78 is 6.36. The van der Waals surface area contributed by atoms with E-state index in [9.17, 15) is 14.7 Å². The van der Waals surface area contributed by atoms with Crippen LogP contribution in [-0.2, 0) is 11.2 Å². The van der Waals surface area contributed by atoms with Gasteiger partial charge in [0.1, 0.15) is 5.76 Å². The fourth-order valence-electron chi connectivity index (χ4n) is 3.69. The number of furan rings is 1. The molecule has 6 heteroatoms. The summed E-state index contributed by atoms with van der Waals surface area (Å²) in [6.07, 6.45) is 0.605. The molecule has 5 nitrogen and oxygen atoms in total. The van der Waals surface area contributed by atoms with Crippen LogP contribution in [0.5, 0.6) is 0 Å². The van der Waals surface area contributed by atoms with Crippen LogP contribution in [0.15, 0.2) is 87.0 Å². The SMILES string of the molecule is Cc1ccc(C(=O)C2=C(O)C(=O)N(CCc3ccccc3)C2c2ccc(Br)cc2)o1. The van der Waals surface area contributed by atoms with Gasteiger partial charge in [-0.1, -0.05) is 58.4 Å². The van der Waals surface area contributed by atoms with Gasteiger partial charge in [0.25, 0.3) is 5.91 Å². The van der Waals surface area contributed by atoms with Crippen LogP contribution < -0.4 is 0 Å². The third-order valence-electron chi connectivity index (χ3n) is 5.18. The molecule has 3 aromatic rings. The number of aryl methyl sites for hydroxylation is 1. The Bertz CT molecular complexity index is 1120. The summed E-state index contributed by atoms with van der Waals surface area (Å²) in [6.45, 7) is 2.10. The highest BCUT2D eigenvalue weighted by Crippen LogP contribution is 2.39. The highest BCUT2D eigenvalue weighted by molar-refractivity contribution is 9.10. The van der Waals surface area contributed by atoms with Crippen LogP contribution in [0.4, 0.5) is 0 Å². The number of hydrogen-bond acceptors (Lipinski definition) is 4. The van der Waals surface area contributed by atoms with Gasteiger partial charge in [-0.3, -0.25) is 9.59 Å². The molecule has 1 aromatic heterocycles. The predicted octanol–water partition coefficient (Wildman–Crippen LogP) is 5.17. The number of nitrogens with zero attached hydrogens (tertiary/aromatic N) is 1. The first kappa shape index (κ1) is 20.2. The van der Waals surface area contributed by atoms with E-state index in [4.69, 9.17) is 4.42 Å². The van der Waals surface area contributed by atoms with Crippen molar-refractivity contribution < 1.29 is 19.1 Å². The van der Waals surface area contributed by atoms with E-state index in [-0.39, 0.29) is 11.3 Å². The maximum Gasteiger partial charge on any atom is 0.290 e. The number of aliphatic hydroxyl groups excluding tert-OH is 1. The monoisotopic (exact) mass is 465 g/mol. The third-order valence-corrected chi connectivity index (χ3v) is 5.71. The molecule has 0 spiro atoms. The van der Waals surface area contributed by atoms with Crippen LogP contribution in [0.25, 0.3) is 0 Å². The zero-order valence-corrected chi connectivity index (χ0v) is 17.9. The standard InChI is InChI=1S/C24H20BrNO4/c1-15-7-12-19(30-15)22(27)20-21(17-8-10-18(25)11-9-17)26(24(29)23(20)28)14-13-16-5-3-2-4-6-16/h2-12,21,28H,13-14H2,1H3. The van der Waals surface area contributed by atoms with Crippen molar-refractivity contribution in [1.29, 1.82) is 0 Å². The Morgan fingerprint density at radius 1 is 1.07 bits per heavy atom. The summed E-state index contributed by atoms with van der Waals surface area (Å²) in [6, 6.07) is 19.7. The van der Waals surface area contributed by atoms with Gasteiger partial charge in [0.05, 0.1) is 11.6 Å². The fourth-order valence-corrected chi connectivity index (χ4v) is 3.96. The summed E-state index contributed by atoms with van der Waals surface area (Å²) >= 11 is 3.41. The van der Waals surface area contributed by atoms with Crippen LogP contribution in [0, 0.1) is 6.92 Å². The van der Waals surface area contributed by atoms with E-state index in [0.717, 1.165) is 15.6 Å². The lowest BCUT2D eigenvalue weighted by Gasteiger charge is -2.26. The number of benzene rings is 2. The molecule has 0 fully saturated rings. The third kappa shape index (κ3) is 3.83. The van der Waals surface area contributed by atoms with Crippen LogP contribution >= 0.6 is 15.9 Å². The number of hydrogen-bond donors (Lipinski definition) is 1. The van der Waals surface area contributed by atoms with Gasteiger partial charge in [0.2, 0.25) is 5.78 Å². The van der Waals surface area contributed by atoms with Gasteiger partial charge >= 0.3 is 0 Å². The van der Waals surface area contributed by atoms with Crippen LogP contribution in [0.2, 0.25) is 0 Å². The van der Waals surface area contributed by atoms with Crippen molar-refractivity contribution in [2.45, 2.75) is 19.4 Å². The molecule has 2 heterocycles. The molecule has 1 amide bonds. The van der Waals surface area contributed by atoms with E-state index in [0.29, 0.717) is 18.7 Å². The van der Waals surface area contributed by atoms with Crippen molar-refractivity contribution in [3.63, 3.8) is 0 Å². The Labute approximate surface area is 182 Å². The second-order valence-corrected chi connectivity index (χ2v) is 8.11.